The van der Waals surface area contributed by atoms with Gasteiger partial charge in [0.25, 0.3) is 6.48 Å². The van der Waals surface area contributed by atoms with Crippen molar-refractivity contribution in [3.05, 3.63) is 30.3 Å². The fraction of sp³-hybridized carbons (Fsp3) is 0.500. The first-order valence-electron chi connectivity index (χ1n) is 5.85. The molecule has 0 bridgehead atoms. The minimum Gasteiger partial charge on any atom is -0.404 e. The lowest BCUT2D eigenvalue weighted by Gasteiger charge is -2.34. The molecule has 106 valence electrons. The van der Waals surface area contributed by atoms with Crippen LogP contribution < -0.4 is 4.52 Å². The second-order valence-electron chi connectivity index (χ2n) is 5.05. The Morgan fingerprint density at radius 2 is 1.84 bits per heavy atom. The van der Waals surface area contributed by atoms with Gasteiger partial charge in [0.2, 0.25) is 0 Å². The molecule has 1 N–H and O–H groups in total. The van der Waals surface area contributed by atoms with Crippen LogP contribution in [-0.2, 0) is 18.6 Å². The maximum Gasteiger partial charge on any atom is 0.531 e. The first-order valence-corrected chi connectivity index (χ1v) is 7.35. The Balaban J connectivity index is 1.89. The van der Waals surface area contributed by atoms with Crippen molar-refractivity contribution in [1.29, 1.82) is 0 Å². The molecule has 6 nitrogen and oxygen atoms in total. The summed E-state index contributed by atoms with van der Waals surface area (Å²) in [5.74, 6) is 0.240. The van der Waals surface area contributed by atoms with Crippen molar-refractivity contribution >= 4 is 7.82 Å². The summed E-state index contributed by atoms with van der Waals surface area (Å²) in [5.41, 5.74) is -0.139. The van der Waals surface area contributed by atoms with Gasteiger partial charge >= 0.3 is 7.82 Å². The highest BCUT2D eigenvalue weighted by Crippen LogP contribution is 2.46. The van der Waals surface area contributed by atoms with Gasteiger partial charge in [0.1, 0.15) is 5.75 Å². The summed E-state index contributed by atoms with van der Waals surface area (Å²) in [4.78, 5) is 9.60. The van der Waals surface area contributed by atoms with Crippen molar-refractivity contribution in [1.82, 2.24) is 0 Å². The third-order valence-electron chi connectivity index (χ3n) is 2.40. The van der Waals surface area contributed by atoms with Crippen LogP contribution in [0.1, 0.15) is 13.8 Å². The van der Waals surface area contributed by atoms with Gasteiger partial charge in [-0.05, 0) is 12.1 Å². The second kappa shape index (κ2) is 5.61. The van der Waals surface area contributed by atoms with Crippen LogP contribution in [-0.4, -0.2) is 24.6 Å². The molecule has 1 unspecified atom stereocenters. The molecule has 0 radical (unpaired) electrons. The largest absolute Gasteiger partial charge is 0.531 e. The average Bonchev–Trinajstić information content (AvgIpc) is 2.32. The molecule has 1 aliphatic rings. The van der Waals surface area contributed by atoms with Crippen LogP contribution in [0.15, 0.2) is 30.3 Å². The Bertz CT molecular complexity index is 451. The topological polar surface area (TPSA) is 74.2 Å². The number of phosphoric acid groups is 1. The van der Waals surface area contributed by atoms with Crippen LogP contribution in [0.5, 0.6) is 5.75 Å². The summed E-state index contributed by atoms with van der Waals surface area (Å²) >= 11 is 0. The fourth-order valence-corrected chi connectivity index (χ4v) is 2.25. The third-order valence-corrected chi connectivity index (χ3v) is 3.28. The molecular weight excluding hydrogens is 271 g/mol. The van der Waals surface area contributed by atoms with Gasteiger partial charge in [-0.1, -0.05) is 32.0 Å². The number of ether oxygens (including phenoxy) is 2. The van der Waals surface area contributed by atoms with E-state index in [4.69, 9.17) is 18.5 Å². The summed E-state index contributed by atoms with van der Waals surface area (Å²) < 4.78 is 31.9. The second-order valence-corrected chi connectivity index (χ2v) is 6.38. The van der Waals surface area contributed by atoms with Crippen molar-refractivity contribution in [3.63, 3.8) is 0 Å². The first-order chi connectivity index (χ1) is 8.86. The molecule has 1 atom stereocenters. The van der Waals surface area contributed by atoms with E-state index in [9.17, 15) is 9.46 Å². The third kappa shape index (κ3) is 4.60. The van der Waals surface area contributed by atoms with Gasteiger partial charge in [0, 0.05) is 5.41 Å². The number of phosphoric ester groups is 1. The first kappa shape index (κ1) is 14.5. The molecule has 0 saturated carbocycles. The van der Waals surface area contributed by atoms with E-state index >= 15 is 0 Å². The predicted octanol–water partition coefficient (Wildman–Crippen LogP) is 2.54. The molecule has 0 aromatic heterocycles. The Morgan fingerprint density at radius 1 is 1.26 bits per heavy atom. The van der Waals surface area contributed by atoms with Gasteiger partial charge in [-0.3, -0.25) is 4.89 Å². The van der Waals surface area contributed by atoms with E-state index in [0.717, 1.165) is 0 Å². The smallest absolute Gasteiger partial charge is 0.404 e. The Morgan fingerprint density at radius 3 is 2.42 bits per heavy atom. The predicted molar refractivity (Wildman–Crippen MR) is 67.5 cm³/mol. The highest BCUT2D eigenvalue weighted by atomic mass is 31.2. The number of benzene rings is 1. The SMILES string of the molecule is CC1(C)COC(OP(=O)(O)Oc2ccccc2)OC1. The van der Waals surface area contributed by atoms with Crippen LogP contribution in [0.4, 0.5) is 0 Å². The van der Waals surface area contributed by atoms with Crippen molar-refractivity contribution < 1.29 is 28.0 Å². The lowest BCUT2D eigenvalue weighted by Crippen LogP contribution is -2.38. The van der Waals surface area contributed by atoms with E-state index in [2.05, 4.69) is 0 Å². The molecule has 0 aliphatic carbocycles. The van der Waals surface area contributed by atoms with E-state index in [1.54, 1.807) is 30.3 Å². The van der Waals surface area contributed by atoms with Crippen molar-refractivity contribution in [2.24, 2.45) is 5.41 Å². The van der Waals surface area contributed by atoms with Crippen LogP contribution in [0.2, 0.25) is 0 Å². The minimum atomic E-state index is -4.27. The molecule has 0 spiro atoms. The molecule has 1 aromatic rings. The van der Waals surface area contributed by atoms with E-state index in [1.807, 2.05) is 13.8 Å². The molecule has 1 aromatic carbocycles. The van der Waals surface area contributed by atoms with Gasteiger partial charge < -0.3 is 14.0 Å². The monoisotopic (exact) mass is 288 g/mol. The maximum atomic E-state index is 11.8. The number of para-hydroxylation sites is 1. The molecule has 2 rings (SSSR count). The summed E-state index contributed by atoms with van der Waals surface area (Å²) in [6.45, 7) is 3.49. The Hall–Kier alpha value is -0.910. The van der Waals surface area contributed by atoms with Gasteiger partial charge in [-0.15, -0.1) is 0 Å². The van der Waals surface area contributed by atoms with E-state index in [1.165, 1.54) is 0 Å². The molecule has 1 heterocycles. The lowest BCUT2D eigenvalue weighted by molar-refractivity contribution is -0.305. The van der Waals surface area contributed by atoms with Crippen LogP contribution in [0.25, 0.3) is 0 Å². The number of hydrogen-bond donors (Lipinski definition) is 1. The normalized spacial score (nSPS) is 22.7. The Labute approximate surface area is 111 Å². The number of hydrogen-bond acceptors (Lipinski definition) is 5. The summed E-state index contributed by atoms with van der Waals surface area (Å²) in [6.07, 6.45) is 0. The van der Waals surface area contributed by atoms with Crippen molar-refractivity contribution in [2.45, 2.75) is 20.3 Å². The molecule has 1 saturated heterocycles. The standard InChI is InChI=1S/C12H17O6P/c1-12(2)8-15-11(16-9-12)18-19(13,14)17-10-6-4-3-5-7-10/h3-7,11H,8-9H2,1-2H3,(H,13,14). The molecule has 19 heavy (non-hydrogen) atoms. The van der Waals surface area contributed by atoms with Crippen molar-refractivity contribution in [2.75, 3.05) is 13.2 Å². The van der Waals surface area contributed by atoms with Crippen LogP contribution >= 0.6 is 7.82 Å². The average molecular weight is 288 g/mol. The summed E-state index contributed by atoms with van der Waals surface area (Å²) in [5, 5.41) is 0. The van der Waals surface area contributed by atoms with Gasteiger partial charge in [0.05, 0.1) is 13.2 Å². The minimum absolute atomic E-state index is 0.139. The molecular formula is C12H17O6P. The molecule has 7 heteroatoms. The highest BCUT2D eigenvalue weighted by Gasteiger charge is 2.35. The quantitative estimate of drug-likeness (QED) is 0.858. The van der Waals surface area contributed by atoms with E-state index in [-0.39, 0.29) is 11.2 Å². The zero-order valence-electron chi connectivity index (χ0n) is 10.8. The zero-order valence-corrected chi connectivity index (χ0v) is 11.7. The molecule has 1 aliphatic heterocycles. The van der Waals surface area contributed by atoms with Crippen molar-refractivity contribution in [3.8, 4) is 5.75 Å². The van der Waals surface area contributed by atoms with E-state index < -0.39 is 14.3 Å². The summed E-state index contributed by atoms with van der Waals surface area (Å²) in [6, 6.07) is 8.25. The maximum absolute atomic E-state index is 11.8. The van der Waals surface area contributed by atoms with Crippen LogP contribution in [0, 0.1) is 5.41 Å². The lowest BCUT2D eigenvalue weighted by atomic mass is 9.96. The Kier molecular flexibility index (Phi) is 4.28. The molecule has 0 amide bonds. The fourth-order valence-electron chi connectivity index (χ4n) is 1.48. The highest BCUT2D eigenvalue weighted by molar-refractivity contribution is 7.47. The number of rotatable bonds is 4. The summed E-state index contributed by atoms with van der Waals surface area (Å²) in [7, 11) is -4.27. The van der Waals surface area contributed by atoms with Gasteiger partial charge in [0.15, 0.2) is 0 Å². The van der Waals surface area contributed by atoms with Gasteiger partial charge in [-0.2, -0.15) is 0 Å². The zero-order chi connectivity index (χ0) is 13.9. The molecule has 1 fully saturated rings. The van der Waals surface area contributed by atoms with Crippen LogP contribution in [0.3, 0.4) is 0 Å². The van der Waals surface area contributed by atoms with E-state index in [0.29, 0.717) is 13.2 Å². The van der Waals surface area contributed by atoms with Gasteiger partial charge in [-0.25, -0.2) is 9.09 Å².